The number of nitrogens with two attached hydrogens (primary N) is 1. The molecule has 1 fully saturated rings. The lowest BCUT2D eigenvalue weighted by molar-refractivity contribution is 0.0956. The van der Waals surface area contributed by atoms with E-state index in [9.17, 15) is 4.79 Å². The number of hydrogen-bond acceptors (Lipinski definition) is 5. The van der Waals surface area contributed by atoms with E-state index in [2.05, 4.69) is 15.3 Å². The summed E-state index contributed by atoms with van der Waals surface area (Å²) in [5.74, 6) is 5.47. The van der Waals surface area contributed by atoms with Gasteiger partial charge in [0, 0.05) is 18.9 Å². The van der Waals surface area contributed by atoms with Crippen molar-refractivity contribution in [3.05, 3.63) is 15.6 Å². The number of hydrazine groups is 1. The first-order chi connectivity index (χ1) is 8.11. The third-order valence-electron chi connectivity index (χ3n) is 2.77. The predicted octanol–water partition coefficient (Wildman–Crippen LogP) is 0.728. The molecule has 1 amide bonds. The van der Waals surface area contributed by atoms with Gasteiger partial charge in [-0.05, 0) is 26.9 Å². The molecular weight excluding hydrogens is 236 g/mol. The lowest BCUT2D eigenvalue weighted by Crippen LogP contribution is -2.30. The summed E-state index contributed by atoms with van der Waals surface area (Å²) in [6.07, 6.45) is 3.17. The van der Waals surface area contributed by atoms with E-state index in [4.69, 9.17) is 5.84 Å². The Labute approximate surface area is 105 Å². The third-order valence-corrected chi connectivity index (χ3v) is 3.90. The van der Waals surface area contributed by atoms with Crippen LogP contribution in [-0.2, 0) is 6.42 Å². The van der Waals surface area contributed by atoms with Crippen LogP contribution in [0.2, 0.25) is 0 Å². The highest BCUT2D eigenvalue weighted by Crippen LogP contribution is 2.42. The van der Waals surface area contributed by atoms with E-state index < -0.39 is 0 Å². The van der Waals surface area contributed by atoms with Crippen molar-refractivity contribution in [3.63, 3.8) is 0 Å². The standard InChI is InChI=1S/C11H18N4OS/c1-15(2)6-5-8-13-9(7-3-4-7)10(17-8)11(16)14-12/h7H,3-6,12H2,1-2H3,(H,14,16). The number of thiazole rings is 1. The number of nitrogen functional groups attached to an aromatic ring is 1. The molecule has 0 unspecified atom stereocenters. The molecule has 0 saturated heterocycles. The van der Waals surface area contributed by atoms with E-state index in [0.29, 0.717) is 10.8 Å². The summed E-state index contributed by atoms with van der Waals surface area (Å²) >= 11 is 1.47. The van der Waals surface area contributed by atoms with E-state index in [1.807, 2.05) is 14.1 Å². The molecule has 0 aliphatic heterocycles. The zero-order chi connectivity index (χ0) is 12.4. The fourth-order valence-corrected chi connectivity index (χ4v) is 2.71. The summed E-state index contributed by atoms with van der Waals surface area (Å²) in [7, 11) is 4.06. The van der Waals surface area contributed by atoms with Gasteiger partial charge in [0.25, 0.3) is 5.91 Å². The lowest BCUT2D eigenvalue weighted by Gasteiger charge is -2.06. The minimum Gasteiger partial charge on any atom is -0.309 e. The Kier molecular flexibility index (Phi) is 3.76. The summed E-state index contributed by atoms with van der Waals surface area (Å²) in [5, 5.41) is 1.03. The molecule has 0 bridgehead atoms. The van der Waals surface area contributed by atoms with Gasteiger partial charge >= 0.3 is 0 Å². The smallest absolute Gasteiger partial charge is 0.277 e. The second kappa shape index (κ2) is 5.12. The monoisotopic (exact) mass is 254 g/mol. The number of nitrogens with zero attached hydrogens (tertiary/aromatic N) is 2. The minimum atomic E-state index is -0.208. The maximum atomic E-state index is 11.6. The SMILES string of the molecule is CN(C)CCc1nc(C2CC2)c(C(=O)NN)s1. The van der Waals surface area contributed by atoms with Gasteiger partial charge in [-0.25, -0.2) is 10.8 Å². The highest BCUT2D eigenvalue weighted by Gasteiger charge is 2.31. The third kappa shape index (κ3) is 3.02. The van der Waals surface area contributed by atoms with Crippen molar-refractivity contribution < 1.29 is 4.79 Å². The molecule has 1 aromatic heterocycles. The van der Waals surface area contributed by atoms with Gasteiger partial charge in [0.1, 0.15) is 4.88 Å². The molecule has 6 heteroatoms. The van der Waals surface area contributed by atoms with Crippen LogP contribution in [0, 0.1) is 0 Å². The summed E-state index contributed by atoms with van der Waals surface area (Å²) in [6, 6.07) is 0. The topological polar surface area (TPSA) is 71.2 Å². The molecule has 94 valence electrons. The molecule has 1 aromatic rings. The van der Waals surface area contributed by atoms with Gasteiger partial charge in [0.2, 0.25) is 0 Å². The largest absolute Gasteiger partial charge is 0.309 e. The van der Waals surface area contributed by atoms with Crippen LogP contribution < -0.4 is 11.3 Å². The van der Waals surface area contributed by atoms with Crippen molar-refractivity contribution in [1.82, 2.24) is 15.3 Å². The van der Waals surface area contributed by atoms with Crippen molar-refractivity contribution in [2.24, 2.45) is 5.84 Å². The van der Waals surface area contributed by atoms with Crippen LogP contribution in [0.1, 0.15) is 39.1 Å². The van der Waals surface area contributed by atoms with E-state index >= 15 is 0 Å². The van der Waals surface area contributed by atoms with E-state index in [1.165, 1.54) is 11.3 Å². The summed E-state index contributed by atoms with van der Waals surface area (Å²) < 4.78 is 0. The summed E-state index contributed by atoms with van der Waals surface area (Å²) in [5.41, 5.74) is 3.15. The van der Waals surface area contributed by atoms with Crippen LogP contribution in [0.4, 0.5) is 0 Å². The van der Waals surface area contributed by atoms with Crippen molar-refractivity contribution in [2.75, 3.05) is 20.6 Å². The van der Waals surface area contributed by atoms with Gasteiger partial charge in [-0.2, -0.15) is 0 Å². The van der Waals surface area contributed by atoms with Crippen molar-refractivity contribution in [1.29, 1.82) is 0 Å². The Balaban J connectivity index is 2.15. The molecule has 0 spiro atoms. The Bertz CT molecular complexity index is 412. The van der Waals surface area contributed by atoms with Crippen LogP contribution in [-0.4, -0.2) is 36.4 Å². The molecule has 1 saturated carbocycles. The average molecular weight is 254 g/mol. The molecule has 0 radical (unpaired) electrons. The molecule has 1 aliphatic rings. The van der Waals surface area contributed by atoms with Gasteiger partial charge < -0.3 is 4.90 Å². The molecule has 2 rings (SSSR count). The Morgan fingerprint density at radius 3 is 2.82 bits per heavy atom. The molecule has 0 atom stereocenters. The van der Waals surface area contributed by atoms with Crippen LogP contribution in [0.25, 0.3) is 0 Å². The zero-order valence-corrected chi connectivity index (χ0v) is 11.0. The van der Waals surface area contributed by atoms with Gasteiger partial charge in [0.05, 0.1) is 10.7 Å². The maximum Gasteiger partial charge on any atom is 0.277 e. The number of amides is 1. The molecular formula is C11H18N4OS. The summed E-state index contributed by atoms with van der Waals surface area (Å²) in [6.45, 7) is 0.946. The molecule has 1 heterocycles. The van der Waals surface area contributed by atoms with Gasteiger partial charge in [0.15, 0.2) is 0 Å². The lowest BCUT2D eigenvalue weighted by atomic mass is 10.2. The Morgan fingerprint density at radius 1 is 1.59 bits per heavy atom. The number of carbonyl (C=O) groups excluding carboxylic acids is 1. The van der Waals surface area contributed by atoms with Crippen molar-refractivity contribution in [3.8, 4) is 0 Å². The molecule has 1 aliphatic carbocycles. The van der Waals surface area contributed by atoms with Crippen LogP contribution in [0.5, 0.6) is 0 Å². The number of rotatable bonds is 5. The van der Waals surface area contributed by atoms with Crippen molar-refractivity contribution in [2.45, 2.75) is 25.2 Å². The minimum absolute atomic E-state index is 0.208. The van der Waals surface area contributed by atoms with Crippen molar-refractivity contribution >= 4 is 17.2 Å². The first-order valence-electron chi connectivity index (χ1n) is 5.77. The highest BCUT2D eigenvalue weighted by atomic mass is 32.1. The molecule has 3 N–H and O–H groups in total. The fourth-order valence-electron chi connectivity index (χ4n) is 1.67. The number of likely N-dealkylation sites (N-methyl/N-ethyl adjacent to an activating group) is 1. The quantitative estimate of drug-likeness (QED) is 0.461. The first kappa shape index (κ1) is 12.5. The zero-order valence-electron chi connectivity index (χ0n) is 10.2. The van der Waals surface area contributed by atoms with Gasteiger partial charge in [-0.1, -0.05) is 0 Å². The molecule has 5 nitrogen and oxygen atoms in total. The number of nitrogens with one attached hydrogen (secondary N) is 1. The second-order valence-corrected chi connectivity index (χ2v) is 5.71. The molecule has 17 heavy (non-hydrogen) atoms. The first-order valence-corrected chi connectivity index (χ1v) is 6.58. The van der Waals surface area contributed by atoms with E-state index in [-0.39, 0.29) is 5.91 Å². The summed E-state index contributed by atoms with van der Waals surface area (Å²) in [4.78, 5) is 19.0. The van der Waals surface area contributed by atoms with Crippen LogP contribution >= 0.6 is 11.3 Å². The fraction of sp³-hybridized carbons (Fsp3) is 0.636. The maximum absolute atomic E-state index is 11.6. The van der Waals surface area contributed by atoms with E-state index in [1.54, 1.807) is 0 Å². The van der Waals surface area contributed by atoms with E-state index in [0.717, 1.165) is 36.5 Å². The van der Waals surface area contributed by atoms with Gasteiger partial charge in [-0.3, -0.25) is 10.2 Å². The van der Waals surface area contributed by atoms with Crippen LogP contribution in [0.15, 0.2) is 0 Å². The highest BCUT2D eigenvalue weighted by molar-refractivity contribution is 7.13. The molecule has 0 aromatic carbocycles. The number of hydrogen-bond donors (Lipinski definition) is 2. The second-order valence-electron chi connectivity index (χ2n) is 4.62. The van der Waals surface area contributed by atoms with Crippen LogP contribution in [0.3, 0.4) is 0 Å². The Morgan fingerprint density at radius 2 is 2.29 bits per heavy atom. The average Bonchev–Trinajstić information content (AvgIpc) is 3.06. The normalized spacial score (nSPS) is 15.3. The van der Waals surface area contributed by atoms with Gasteiger partial charge in [-0.15, -0.1) is 11.3 Å². The number of carbonyl (C=O) groups is 1. The predicted molar refractivity (Wildman–Crippen MR) is 68.0 cm³/mol. The Hall–Kier alpha value is -0.980. The number of aromatic nitrogens is 1.